The van der Waals surface area contributed by atoms with Gasteiger partial charge in [0.15, 0.2) is 0 Å². The zero-order valence-corrected chi connectivity index (χ0v) is 10.1. The van der Waals surface area contributed by atoms with E-state index in [2.05, 4.69) is 24.1 Å². The van der Waals surface area contributed by atoms with E-state index in [1.807, 2.05) is 0 Å². The highest BCUT2D eigenvalue weighted by Gasteiger charge is 1.97. The largest absolute Gasteiger partial charge is 0.370 e. The van der Waals surface area contributed by atoms with Gasteiger partial charge in [0.1, 0.15) is 0 Å². The fourth-order valence-corrected chi connectivity index (χ4v) is 1.45. The van der Waals surface area contributed by atoms with Crippen LogP contribution in [0, 0.1) is 0 Å². The zero-order valence-electron chi connectivity index (χ0n) is 10.1. The van der Waals surface area contributed by atoms with E-state index in [1.54, 1.807) is 0 Å². The van der Waals surface area contributed by atoms with Gasteiger partial charge >= 0.3 is 0 Å². The molecule has 0 saturated carbocycles. The molecule has 4 heteroatoms. The van der Waals surface area contributed by atoms with E-state index >= 15 is 0 Å². The van der Waals surface area contributed by atoms with Crippen LogP contribution in [0.1, 0.15) is 33.1 Å². The highest BCUT2D eigenvalue weighted by Crippen LogP contribution is 1.92. The van der Waals surface area contributed by atoms with Crippen molar-refractivity contribution in [1.82, 2.24) is 10.2 Å². The number of hydrogen-bond acceptors (Lipinski definition) is 3. The van der Waals surface area contributed by atoms with Crippen LogP contribution in [-0.2, 0) is 4.79 Å². The summed E-state index contributed by atoms with van der Waals surface area (Å²) in [6, 6.07) is 0. The van der Waals surface area contributed by atoms with Crippen LogP contribution < -0.4 is 11.1 Å². The van der Waals surface area contributed by atoms with E-state index in [9.17, 15) is 4.79 Å². The number of carbonyl (C=O) groups excluding carboxylic acids is 1. The highest BCUT2D eigenvalue weighted by atomic mass is 16.1. The summed E-state index contributed by atoms with van der Waals surface area (Å²) in [5.41, 5.74) is 5.04. The lowest BCUT2D eigenvalue weighted by molar-refractivity contribution is -0.118. The number of hydrogen-bond donors (Lipinski definition) is 2. The number of unbranched alkanes of at least 4 members (excludes halogenated alkanes) is 1. The van der Waals surface area contributed by atoms with Crippen molar-refractivity contribution in [1.29, 1.82) is 0 Å². The number of carbonyl (C=O) groups is 1. The fourth-order valence-electron chi connectivity index (χ4n) is 1.45. The molecule has 0 spiro atoms. The van der Waals surface area contributed by atoms with E-state index in [0.717, 1.165) is 45.6 Å². The molecule has 3 N–H and O–H groups in total. The second-order valence-electron chi connectivity index (χ2n) is 3.70. The molecule has 0 aromatic heterocycles. The Kier molecular flexibility index (Phi) is 9.52. The summed E-state index contributed by atoms with van der Waals surface area (Å²) in [5, 5.41) is 3.36. The maximum atomic E-state index is 10.5. The van der Waals surface area contributed by atoms with Gasteiger partial charge in [-0.3, -0.25) is 4.79 Å². The molecule has 0 atom stereocenters. The molecule has 0 rings (SSSR count). The minimum atomic E-state index is -0.196. The van der Waals surface area contributed by atoms with Crippen molar-refractivity contribution in [2.75, 3.05) is 32.7 Å². The van der Waals surface area contributed by atoms with E-state index in [1.165, 1.54) is 0 Å². The van der Waals surface area contributed by atoms with Crippen molar-refractivity contribution in [3.05, 3.63) is 0 Å². The molecular formula is C11H25N3O. The SMILES string of the molecule is CCN(CC)CCNCCCCC(N)=O. The highest BCUT2D eigenvalue weighted by molar-refractivity contribution is 5.73. The molecule has 90 valence electrons. The van der Waals surface area contributed by atoms with E-state index in [0.29, 0.717) is 6.42 Å². The van der Waals surface area contributed by atoms with Crippen LogP contribution in [0.3, 0.4) is 0 Å². The van der Waals surface area contributed by atoms with Crippen LogP contribution in [0.4, 0.5) is 0 Å². The van der Waals surface area contributed by atoms with E-state index in [-0.39, 0.29) is 5.91 Å². The molecule has 0 aromatic carbocycles. The van der Waals surface area contributed by atoms with Crippen LogP contribution in [0.5, 0.6) is 0 Å². The standard InChI is InChI=1S/C11H25N3O/c1-3-14(4-2)10-9-13-8-6-5-7-11(12)15/h13H,3-10H2,1-2H3,(H2,12,15). The monoisotopic (exact) mass is 215 g/mol. The lowest BCUT2D eigenvalue weighted by Gasteiger charge is -2.17. The Labute approximate surface area is 93.2 Å². The molecule has 1 amide bonds. The summed E-state index contributed by atoms with van der Waals surface area (Å²) in [6.07, 6.45) is 2.44. The zero-order chi connectivity index (χ0) is 11.5. The average Bonchev–Trinajstić information content (AvgIpc) is 2.22. The average molecular weight is 215 g/mol. The van der Waals surface area contributed by atoms with Gasteiger partial charge in [0.25, 0.3) is 0 Å². The molecule has 0 aromatic rings. The summed E-state index contributed by atoms with van der Waals surface area (Å²) in [7, 11) is 0. The Morgan fingerprint density at radius 1 is 1.20 bits per heavy atom. The third kappa shape index (κ3) is 9.69. The Bertz CT molecular complexity index is 158. The normalized spacial score (nSPS) is 10.9. The fraction of sp³-hybridized carbons (Fsp3) is 0.909. The molecule has 0 unspecified atom stereocenters. The van der Waals surface area contributed by atoms with Crippen LogP contribution in [0.25, 0.3) is 0 Å². The second kappa shape index (κ2) is 9.93. The van der Waals surface area contributed by atoms with Gasteiger partial charge in [0.2, 0.25) is 5.91 Å². The Morgan fingerprint density at radius 3 is 2.40 bits per heavy atom. The van der Waals surface area contributed by atoms with Gasteiger partial charge in [-0.15, -0.1) is 0 Å². The van der Waals surface area contributed by atoms with Crippen molar-refractivity contribution in [2.24, 2.45) is 5.73 Å². The smallest absolute Gasteiger partial charge is 0.217 e. The number of primary amides is 1. The number of nitrogens with zero attached hydrogens (tertiary/aromatic N) is 1. The maximum absolute atomic E-state index is 10.5. The Morgan fingerprint density at radius 2 is 1.87 bits per heavy atom. The van der Waals surface area contributed by atoms with Gasteiger partial charge in [-0.25, -0.2) is 0 Å². The van der Waals surface area contributed by atoms with E-state index in [4.69, 9.17) is 5.73 Å². The van der Waals surface area contributed by atoms with Gasteiger partial charge in [0, 0.05) is 19.5 Å². The van der Waals surface area contributed by atoms with Gasteiger partial charge < -0.3 is 16.0 Å². The summed E-state index contributed by atoms with van der Waals surface area (Å²) in [4.78, 5) is 12.8. The second-order valence-corrected chi connectivity index (χ2v) is 3.70. The van der Waals surface area contributed by atoms with Gasteiger partial charge in [0.05, 0.1) is 0 Å². The van der Waals surface area contributed by atoms with Crippen molar-refractivity contribution >= 4 is 5.91 Å². The topological polar surface area (TPSA) is 58.4 Å². The quantitative estimate of drug-likeness (QED) is 0.524. The first-order chi connectivity index (χ1) is 7.20. The molecule has 0 fully saturated rings. The lowest BCUT2D eigenvalue weighted by atomic mass is 10.2. The lowest BCUT2D eigenvalue weighted by Crippen LogP contribution is -2.32. The molecule has 15 heavy (non-hydrogen) atoms. The van der Waals surface area contributed by atoms with E-state index < -0.39 is 0 Å². The van der Waals surface area contributed by atoms with Crippen LogP contribution in [-0.4, -0.2) is 43.5 Å². The number of nitrogens with two attached hydrogens (primary N) is 1. The summed E-state index contributed by atoms with van der Waals surface area (Å²) in [6.45, 7) is 9.68. The van der Waals surface area contributed by atoms with Crippen molar-refractivity contribution in [2.45, 2.75) is 33.1 Å². The summed E-state index contributed by atoms with van der Waals surface area (Å²) in [5.74, 6) is -0.196. The first-order valence-electron chi connectivity index (χ1n) is 5.92. The van der Waals surface area contributed by atoms with Crippen molar-refractivity contribution in [3.8, 4) is 0 Å². The van der Waals surface area contributed by atoms with Crippen LogP contribution in [0.15, 0.2) is 0 Å². The molecular weight excluding hydrogens is 190 g/mol. The molecule has 0 saturated heterocycles. The minimum Gasteiger partial charge on any atom is -0.370 e. The molecule has 4 nitrogen and oxygen atoms in total. The first-order valence-corrected chi connectivity index (χ1v) is 5.92. The van der Waals surface area contributed by atoms with Crippen molar-refractivity contribution < 1.29 is 4.79 Å². The number of nitrogens with one attached hydrogen (secondary N) is 1. The van der Waals surface area contributed by atoms with Gasteiger partial charge in [-0.05, 0) is 32.5 Å². The maximum Gasteiger partial charge on any atom is 0.217 e. The Hall–Kier alpha value is -0.610. The number of amides is 1. The number of likely N-dealkylation sites (N-methyl/N-ethyl adjacent to an activating group) is 1. The summed E-state index contributed by atoms with van der Waals surface area (Å²) >= 11 is 0. The third-order valence-electron chi connectivity index (χ3n) is 2.53. The molecule has 0 radical (unpaired) electrons. The van der Waals surface area contributed by atoms with Gasteiger partial charge in [-0.1, -0.05) is 13.8 Å². The van der Waals surface area contributed by atoms with Crippen molar-refractivity contribution in [3.63, 3.8) is 0 Å². The molecule has 0 aliphatic rings. The first kappa shape index (κ1) is 14.4. The summed E-state index contributed by atoms with van der Waals surface area (Å²) < 4.78 is 0. The predicted molar refractivity (Wildman–Crippen MR) is 63.7 cm³/mol. The molecule has 0 heterocycles. The molecule has 0 aliphatic heterocycles. The minimum absolute atomic E-state index is 0.196. The van der Waals surface area contributed by atoms with Crippen LogP contribution in [0.2, 0.25) is 0 Å². The molecule has 0 aliphatic carbocycles. The number of rotatable bonds is 10. The van der Waals surface area contributed by atoms with Gasteiger partial charge in [-0.2, -0.15) is 0 Å². The third-order valence-corrected chi connectivity index (χ3v) is 2.53. The Balaban J connectivity index is 3.14. The van der Waals surface area contributed by atoms with Crippen LogP contribution >= 0.6 is 0 Å². The molecule has 0 bridgehead atoms. The predicted octanol–water partition coefficient (Wildman–Crippen LogP) is 0.573.